The largest absolute Gasteiger partial charge is 0.389 e. The maximum absolute atomic E-state index is 12.6. The average molecular weight is 467 g/mol. The minimum atomic E-state index is -4.40. The molecule has 0 N–H and O–H groups in total. The van der Waals surface area contributed by atoms with Gasteiger partial charge in [0.2, 0.25) is 0 Å². The van der Waals surface area contributed by atoms with Crippen LogP contribution in [0.4, 0.5) is 26.3 Å². The van der Waals surface area contributed by atoms with Crippen molar-refractivity contribution in [3.63, 3.8) is 0 Å². The Kier molecular flexibility index (Phi) is 17.6. The van der Waals surface area contributed by atoms with Crippen LogP contribution in [0, 0.1) is 0 Å². The zero-order valence-corrected chi connectivity index (χ0v) is 19.0. The second-order valence-electron chi connectivity index (χ2n) is 7.87. The highest BCUT2D eigenvalue weighted by molar-refractivity contribution is 4.59. The first-order valence-corrected chi connectivity index (χ1v) is 11.6. The van der Waals surface area contributed by atoms with Crippen LogP contribution in [-0.4, -0.2) is 38.1 Å². The Labute approximate surface area is 183 Å². The minimum absolute atomic E-state index is 0.204. The number of halogens is 6. The third-order valence-corrected chi connectivity index (χ3v) is 4.73. The SMILES string of the molecule is CCCCCCCOC(CCC(F)(F)F)OC(CCC(F)(F)F)OCCCCCCC. The second-order valence-corrected chi connectivity index (χ2v) is 7.87. The highest BCUT2D eigenvalue weighted by atomic mass is 19.4. The highest BCUT2D eigenvalue weighted by Crippen LogP contribution is 2.27. The molecule has 188 valence electrons. The summed E-state index contributed by atoms with van der Waals surface area (Å²) in [5.74, 6) is 0. The number of hydrogen-bond acceptors (Lipinski definition) is 3. The molecule has 0 spiro atoms. The monoisotopic (exact) mass is 466 g/mol. The van der Waals surface area contributed by atoms with Gasteiger partial charge in [-0.3, -0.25) is 0 Å². The lowest BCUT2D eigenvalue weighted by molar-refractivity contribution is -0.263. The van der Waals surface area contributed by atoms with E-state index in [9.17, 15) is 26.3 Å². The Morgan fingerprint density at radius 3 is 1.23 bits per heavy atom. The molecular formula is C22H40F6O3. The van der Waals surface area contributed by atoms with Crippen molar-refractivity contribution in [2.45, 2.75) is 129 Å². The van der Waals surface area contributed by atoms with Gasteiger partial charge in [-0.05, 0) is 12.8 Å². The van der Waals surface area contributed by atoms with Crippen molar-refractivity contribution >= 4 is 0 Å². The van der Waals surface area contributed by atoms with Crippen LogP contribution in [0.3, 0.4) is 0 Å². The van der Waals surface area contributed by atoms with Crippen molar-refractivity contribution in [2.24, 2.45) is 0 Å². The summed E-state index contributed by atoms with van der Waals surface area (Å²) in [6.07, 6.45) is -5.12. The summed E-state index contributed by atoms with van der Waals surface area (Å²) in [5, 5.41) is 0. The molecule has 0 bridgehead atoms. The molecule has 2 unspecified atom stereocenters. The van der Waals surface area contributed by atoms with Gasteiger partial charge in [0, 0.05) is 38.9 Å². The first-order valence-electron chi connectivity index (χ1n) is 11.6. The molecule has 0 rings (SSSR count). The third-order valence-electron chi connectivity index (χ3n) is 4.73. The number of alkyl halides is 6. The molecule has 0 aliphatic carbocycles. The molecule has 0 aliphatic heterocycles. The molecular weight excluding hydrogens is 426 g/mol. The normalized spacial score (nSPS) is 14.7. The minimum Gasteiger partial charge on any atom is -0.353 e. The Hall–Kier alpha value is -0.540. The summed E-state index contributed by atoms with van der Waals surface area (Å²) in [5.41, 5.74) is 0. The van der Waals surface area contributed by atoms with Crippen molar-refractivity contribution in [3.05, 3.63) is 0 Å². The van der Waals surface area contributed by atoms with Gasteiger partial charge >= 0.3 is 12.4 Å². The van der Waals surface area contributed by atoms with Crippen LogP contribution in [0.5, 0.6) is 0 Å². The quantitative estimate of drug-likeness (QED) is 0.103. The molecule has 0 saturated carbocycles. The Bertz CT molecular complexity index is 366. The van der Waals surface area contributed by atoms with Crippen molar-refractivity contribution in [3.8, 4) is 0 Å². The van der Waals surface area contributed by atoms with Crippen LogP contribution in [0.25, 0.3) is 0 Å². The molecule has 0 fully saturated rings. The van der Waals surface area contributed by atoms with Gasteiger partial charge in [-0.2, -0.15) is 26.3 Å². The zero-order chi connectivity index (χ0) is 23.6. The average Bonchev–Trinajstić information content (AvgIpc) is 2.67. The standard InChI is InChI=1S/C22H40F6O3/c1-3-5-7-9-11-17-29-19(13-15-21(23,24)25)31-20(14-16-22(26,27)28)30-18-12-10-8-6-4-2/h19-20H,3-18H2,1-2H3. The lowest BCUT2D eigenvalue weighted by atomic mass is 10.2. The van der Waals surface area contributed by atoms with E-state index in [1.165, 1.54) is 0 Å². The smallest absolute Gasteiger partial charge is 0.353 e. The zero-order valence-electron chi connectivity index (χ0n) is 19.0. The van der Waals surface area contributed by atoms with Crippen LogP contribution in [0.2, 0.25) is 0 Å². The third kappa shape index (κ3) is 22.4. The Balaban J connectivity index is 4.69. The molecule has 0 radical (unpaired) electrons. The van der Waals surface area contributed by atoms with Crippen molar-refractivity contribution in [1.29, 1.82) is 0 Å². The van der Waals surface area contributed by atoms with E-state index in [4.69, 9.17) is 14.2 Å². The van der Waals surface area contributed by atoms with E-state index in [0.29, 0.717) is 12.8 Å². The lowest BCUT2D eigenvalue weighted by Gasteiger charge is -2.26. The predicted molar refractivity (Wildman–Crippen MR) is 109 cm³/mol. The maximum atomic E-state index is 12.6. The molecule has 0 amide bonds. The van der Waals surface area contributed by atoms with Crippen LogP contribution in [-0.2, 0) is 14.2 Å². The van der Waals surface area contributed by atoms with Gasteiger partial charge in [0.05, 0.1) is 0 Å². The summed E-state index contributed by atoms with van der Waals surface area (Å²) in [6, 6.07) is 0. The Morgan fingerprint density at radius 1 is 0.548 bits per heavy atom. The van der Waals surface area contributed by atoms with Gasteiger partial charge in [0.15, 0.2) is 12.6 Å². The molecule has 0 heterocycles. The number of ether oxygens (including phenoxy) is 3. The van der Waals surface area contributed by atoms with E-state index < -0.39 is 50.6 Å². The fourth-order valence-corrected chi connectivity index (χ4v) is 2.95. The van der Waals surface area contributed by atoms with Crippen molar-refractivity contribution < 1.29 is 40.6 Å². The van der Waals surface area contributed by atoms with E-state index in [1.54, 1.807) is 0 Å². The molecule has 2 atom stereocenters. The van der Waals surface area contributed by atoms with Gasteiger partial charge in [-0.1, -0.05) is 65.2 Å². The highest BCUT2D eigenvalue weighted by Gasteiger charge is 2.32. The van der Waals surface area contributed by atoms with Gasteiger partial charge in [0.25, 0.3) is 0 Å². The lowest BCUT2D eigenvalue weighted by Crippen LogP contribution is -2.30. The topological polar surface area (TPSA) is 27.7 Å². The van der Waals surface area contributed by atoms with E-state index in [-0.39, 0.29) is 13.2 Å². The van der Waals surface area contributed by atoms with E-state index in [0.717, 1.165) is 51.4 Å². The predicted octanol–water partition coefficient (Wildman–Crippen LogP) is 8.31. The molecule has 0 aromatic heterocycles. The van der Waals surface area contributed by atoms with Gasteiger partial charge < -0.3 is 14.2 Å². The van der Waals surface area contributed by atoms with Crippen LogP contribution in [0.1, 0.15) is 104 Å². The second kappa shape index (κ2) is 18.0. The van der Waals surface area contributed by atoms with E-state index >= 15 is 0 Å². The first kappa shape index (κ1) is 30.5. The summed E-state index contributed by atoms with van der Waals surface area (Å²) in [4.78, 5) is 0. The Morgan fingerprint density at radius 2 is 0.903 bits per heavy atom. The molecule has 0 aliphatic rings. The van der Waals surface area contributed by atoms with Gasteiger partial charge in [0.1, 0.15) is 0 Å². The number of rotatable bonds is 20. The number of hydrogen-bond donors (Lipinski definition) is 0. The molecule has 9 heteroatoms. The molecule has 0 aromatic carbocycles. The summed E-state index contributed by atoms with van der Waals surface area (Å²) in [6.45, 7) is 4.55. The maximum Gasteiger partial charge on any atom is 0.389 e. The van der Waals surface area contributed by atoms with Crippen LogP contribution in [0.15, 0.2) is 0 Å². The molecule has 0 aromatic rings. The molecule has 31 heavy (non-hydrogen) atoms. The summed E-state index contributed by atoms with van der Waals surface area (Å²) < 4.78 is 92.2. The number of unbranched alkanes of at least 4 members (excludes halogenated alkanes) is 8. The van der Waals surface area contributed by atoms with Gasteiger partial charge in [-0.25, -0.2) is 0 Å². The van der Waals surface area contributed by atoms with Crippen LogP contribution < -0.4 is 0 Å². The van der Waals surface area contributed by atoms with Gasteiger partial charge in [-0.15, -0.1) is 0 Å². The van der Waals surface area contributed by atoms with E-state index in [1.807, 2.05) is 0 Å². The fourth-order valence-electron chi connectivity index (χ4n) is 2.95. The van der Waals surface area contributed by atoms with Crippen molar-refractivity contribution in [1.82, 2.24) is 0 Å². The summed E-state index contributed by atoms with van der Waals surface area (Å²) >= 11 is 0. The van der Waals surface area contributed by atoms with Crippen LogP contribution >= 0.6 is 0 Å². The summed E-state index contributed by atoms with van der Waals surface area (Å²) in [7, 11) is 0. The first-order chi connectivity index (χ1) is 14.6. The molecule has 3 nitrogen and oxygen atoms in total. The van der Waals surface area contributed by atoms with Crippen molar-refractivity contribution in [2.75, 3.05) is 13.2 Å². The molecule has 0 saturated heterocycles. The van der Waals surface area contributed by atoms with E-state index in [2.05, 4.69) is 13.8 Å². The fraction of sp³-hybridized carbons (Fsp3) is 1.00.